The summed E-state index contributed by atoms with van der Waals surface area (Å²) in [6.07, 6.45) is 4.97. The molecule has 10 heteroatoms. The van der Waals surface area contributed by atoms with Crippen molar-refractivity contribution in [3.63, 3.8) is 0 Å². The van der Waals surface area contributed by atoms with E-state index in [9.17, 15) is 18.8 Å². The second-order valence-corrected chi connectivity index (χ2v) is 8.87. The molecule has 178 valence electrons. The van der Waals surface area contributed by atoms with Gasteiger partial charge in [0.1, 0.15) is 12.4 Å². The van der Waals surface area contributed by atoms with Crippen LogP contribution in [-0.2, 0) is 25.5 Å². The number of amides is 3. The Morgan fingerprint density at radius 3 is 2.55 bits per heavy atom. The molecule has 2 aromatic rings. The zero-order valence-corrected chi connectivity index (χ0v) is 19.5. The van der Waals surface area contributed by atoms with Crippen molar-refractivity contribution in [1.82, 2.24) is 9.88 Å². The Bertz CT molecular complexity index is 944. The van der Waals surface area contributed by atoms with Crippen LogP contribution in [0.5, 0.6) is 0 Å². The van der Waals surface area contributed by atoms with E-state index in [1.165, 1.54) is 35.6 Å². The second kappa shape index (κ2) is 12.4. The van der Waals surface area contributed by atoms with Crippen molar-refractivity contribution in [2.75, 3.05) is 37.4 Å². The van der Waals surface area contributed by atoms with Crippen LogP contribution in [0.2, 0.25) is 0 Å². The SMILES string of the molecule is COCCN(CC(=O)Nc1nc(CC(=O)Nc2ccc(F)cc2)cs1)C(=O)C1CCCCC1. The molecule has 1 fully saturated rings. The topological polar surface area (TPSA) is 101 Å². The van der Waals surface area contributed by atoms with Crippen molar-refractivity contribution in [3.8, 4) is 0 Å². The molecule has 0 radical (unpaired) electrons. The summed E-state index contributed by atoms with van der Waals surface area (Å²) >= 11 is 1.21. The average Bonchev–Trinajstić information content (AvgIpc) is 3.24. The van der Waals surface area contributed by atoms with Crippen molar-refractivity contribution >= 4 is 39.9 Å². The molecule has 0 bridgehead atoms. The quantitative estimate of drug-likeness (QED) is 0.547. The second-order valence-electron chi connectivity index (χ2n) is 8.01. The highest BCUT2D eigenvalue weighted by Crippen LogP contribution is 2.25. The number of carbonyl (C=O) groups is 3. The predicted molar refractivity (Wildman–Crippen MR) is 125 cm³/mol. The Morgan fingerprint density at radius 1 is 1.12 bits per heavy atom. The van der Waals surface area contributed by atoms with Crippen LogP contribution in [0.1, 0.15) is 37.8 Å². The fraction of sp³-hybridized carbons (Fsp3) is 0.478. The van der Waals surface area contributed by atoms with Crippen LogP contribution >= 0.6 is 11.3 Å². The Balaban J connectivity index is 1.51. The summed E-state index contributed by atoms with van der Waals surface area (Å²) in [6, 6.07) is 5.48. The molecule has 0 unspecified atom stereocenters. The van der Waals surface area contributed by atoms with Gasteiger partial charge in [-0.1, -0.05) is 19.3 Å². The van der Waals surface area contributed by atoms with Crippen LogP contribution in [0.15, 0.2) is 29.6 Å². The third-order valence-corrected chi connectivity index (χ3v) is 6.24. The normalized spacial score (nSPS) is 14.0. The first kappa shape index (κ1) is 24.8. The molecule has 1 heterocycles. The molecule has 1 aliphatic rings. The maximum Gasteiger partial charge on any atom is 0.245 e. The predicted octanol–water partition coefficient (Wildman–Crippen LogP) is 3.46. The van der Waals surface area contributed by atoms with Crippen molar-refractivity contribution < 1.29 is 23.5 Å². The standard InChI is InChI=1S/C23H29FN4O4S/c1-32-12-11-28(22(31)16-5-3-2-4-6-16)14-21(30)27-23-26-19(15-33-23)13-20(29)25-18-9-7-17(24)8-10-18/h7-10,15-16H,2-6,11-14H2,1H3,(H,25,29)(H,26,27,30). The minimum atomic E-state index is -0.380. The number of benzene rings is 1. The van der Waals surface area contributed by atoms with E-state index in [1.54, 1.807) is 17.4 Å². The Kier molecular flexibility index (Phi) is 9.32. The van der Waals surface area contributed by atoms with E-state index >= 15 is 0 Å². The molecule has 1 aromatic carbocycles. The van der Waals surface area contributed by atoms with Gasteiger partial charge in [-0.3, -0.25) is 14.4 Å². The number of hydrogen-bond acceptors (Lipinski definition) is 6. The number of carbonyl (C=O) groups excluding carboxylic acids is 3. The number of rotatable bonds is 10. The van der Waals surface area contributed by atoms with Crippen molar-refractivity contribution in [1.29, 1.82) is 0 Å². The molecule has 8 nitrogen and oxygen atoms in total. The lowest BCUT2D eigenvalue weighted by Crippen LogP contribution is -2.43. The van der Waals surface area contributed by atoms with Gasteiger partial charge in [-0.2, -0.15) is 0 Å². The Labute approximate surface area is 196 Å². The lowest BCUT2D eigenvalue weighted by molar-refractivity contribution is -0.139. The number of halogens is 1. The minimum absolute atomic E-state index is 0.000748. The van der Waals surface area contributed by atoms with E-state index in [0.29, 0.717) is 29.7 Å². The first-order chi connectivity index (χ1) is 15.9. The van der Waals surface area contributed by atoms with E-state index in [2.05, 4.69) is 15.6 Å². The van der Waals surface area contributed by atoms with Gasteiger partial charge in [-0.15, -0.1) is 11.3 Å². The molecule has 0 spiro atoms. The molecule has 0 atom stereocenters. The van der Waals surface area contributed by atoms with Gasteiger partial charge in [0.05, 0.1) is 18.7 Å². The molecular weight excluding hydrogens is 447 g/mol. The van der Waals surface area contributed by atoms with E-state index in [4.69, 9.17) is 4.74 Å². The maximum atomic E-state index is 13.0. The molecule has 3 rings (SSSR count). The molecule has 1 aromatic heterocycles. The number of aromatic nitrogens is 1. The molecule has 1 saturated carbocycles. The molecular formula is C23H29FN4O4S. The number of thiazole rings is 1. The molecule has 0 saturated heterocycles. The number of nitrogens with one attached hydrogen (secondary N) is 2. The average molecular weight is 477 g/mol. The monoisotopic (exact) mass is 476 g/mol. The summed E-state index contributed by atoms with van der Waals surface area (Å²) in [6.45, 7) is 0.640. The fourth-order valence-corrected chi connectivity index (χ4v) is 4.48. The third kappa shape index (κ3) is 7.90. The summed E-state index contributed by atoms with van der Waals surface area (Å²) in [5, 5.41) is 7.44. The van der Waals surface area contributed by atoms with Crippen LogP contribution in [0.3, 0.4) is 0 Å². The zero-order chi connectivity index (χ0) is 23.6. The summed E-state index contributed by atoms with van der Waals surface area (Å²) in [4.78, 5) is 43.5. The molecule has 1 aliphatic carbocycles. The lowest BCUT2D eigenvalue weighted by atomic mass is 9.88. The van der Waals surface area contributed by atoms with E-state index < -0.39 is 0 Å². The number of nitrogens with zero attached hydrogens (tertiary/aromatic N) is 2. The first-order valence-electron chi connectivity index (χ1n) is 11.0. The third-order valence-electron chi connectivity index (χ3n) is 5.43. The van der Waals surface area contributed by atoms with Gasteiger partial charge in [-0.05, 0) is 37.1 Å². The van der Waals surface area contributed by atoms with Crippen molar-refractivity contribution in [2.24, 2.45) is 5.92 Å². The Morgan fingerprint density at radius 2 is 1.85 bits per heavy atom. The summed E-state index contributed by atoms with van der Waals surface area (Å²) in [5.41, 5.74) is 0.994. The molecule has 3 amide bonds. The van der Waals surface area contributed by atoms with Crippen molar-refractivity contribution in [3.05, 3.63) is 41.2 Å². The zero-order valence-electron chi connectivity index (χ0n) is 18.6. The number of hydrogen-bond donors (Lipinski definition) is 2. The largest absolute Gasteiger partial charge is 0.383 e. The number of methoxy groups -OCH3 is 1. The van der Waals surface area contributed by atoms with E-state index in [-0.39, 0.29) is 42.4 Å². The van der Waals surface area contributed by atoms with Gasteiger partial charge in [0.2, 0.25) is 17.7 Å². The lowest BCUT2D eigenvalue weighted by Gasteiger charge is -2.28. The van der Waals surface area contributed by atoms with Crippen molar-refractivity contribution in [2.45, 2.75) is 38.5 Å². The van der Waals surface area contributed by atoms with Crippen LogP contribution in [-0.4, -0.2) is 54.4 Å². The minimum Gasteiger partial charge on any atom is -0.383 e. The summed E-state index contributed by atoms with van der Waals surface area (Å²) < 4.78 is 18.1. The van der Waals surface area contributed by atoms with Gasteiger partial charge < -0.3 is 20.3 Å². The van der Waals surface area contributed by atoms with Gasteiger partial charge in [0, 0.05) is 30.6 Å². The summed E-state index contributed by atoms with van der Waals surface area (Å²) in [7, 11) is 1.56. The highest BCUT2D eigenvalue weighted by atomic mass is 32.1. The smallest absolute Gasteiger partial charge is 0.245 e. The van der Waals surface area contributed by atoms with Gasteiger partial charge >= 0.3 is 0 Å². The van der Waals surface area contributed by atoms with Gasteiger partial charge in [0.15, 0.2) is 5.13 Å². The molecule has 0 aliphatic heterocycles. The van der Waals surface area contributed by atoms with Gasteiger partial charge in [-0.25, -0.2) is 9.37 Å². The van der Waals surface area contributed by atoms with E-state index in [0.717, 1.165) is 32.1 Å². The van der Waals surface area contributed by atoms with Gasteiger partial charge in [0.25, 0.3) is 0 Å². The fourth-order valence-electron chi connectivity index (χ4n) is 3.76. The Hall–Kier alpha value is -2.85. The van der Waals surface area contributed by atoms with Crippen LogP contribution in [0.4, 0.5) is 15.2 Å². The van der Waals surface area contributed by atoms with E-state index in [1.807, 2.05) is 0 Å². The van der Waals surface area contributed by atoms with Crippen LogP contribution in [0.25, 0.3) is 0 Å². The maximum absolute atomic E-state index is 13.0. The highest BCUT2D eigenvalue weighted by molar-refractivity contribution is 7.13. The van der Waals surface area contributed by atoms with Crippen LogP contribution in [0, 0.1) is 11.7 Å². The summed E-state index contributed by atoms with van der Waals surface area (Å²) in [5.74, 6) is -1.05. The number of anilines is 2. The highest BCUT2D eigenvalue weighted by Gasteiger charge is 2.27. The molecule has 33 heavy (non-hydrogen) atoms. The first-order valence-corrected chi connectivity index (χ1v) is 11.9. The molecule has 2 N–H and O–H groups in total. The van der Waals surface area contributed by atoms with Crippen LogP contribution < -0.4 is 10.6 Å². The number of ether oxygens (including phenoxy) is 1.